The van der Waals surface area contributed by atoms with Crippen molar-refractivity contribution < 1.29 is 13.6 Å². The molecule has 0 amide bonds. The van der Waals surface area contributed by atoms with E-state index in [1.54, 1.807) is 22.6 Å². The van der Waals surface area contributed by atoms with Gasteiger partial charge < -0.3 is 0 Å². The molecule has 15 heavy (non-hydrogen) atoms. The smallest absolute Gasteiger partial charge is 0.264 e. The Balaban J connectivity index is 3.45. The van der Waals surface area contributed by atoms with Gasteiger partial charge >= 0.3 is 0 Å². The first kappa shape index (κ1) is 12.0. The summed E-state index contributed by atoms with van der Waals surface area (Å²) in [4.78, 5) is 11.1. The minimum atomic E-state index is -2.64. The van der Waals surface area contributed by atoms with Gasteiger partial charge in [-0.05, 0) is 41.6 Å². The summed E-state index contributed by atoms with van der Waals surface area (Å²) in [7, 11) is 0. The first-order valence-electron chi connectivity index (χ1n) is 4.00. The van der Waals surface area contributed by atoms with Gasteiger partial charge in [0.1, 0.15) is 0 Å². The highest BCUT2D eigenvalue weighted by atomic mass is 127. The van der Waals surface area contributed by atoms with Gasteiger partial charge in [-0.2, -0.15) is 5.26 Å². The fraction of sp³-hybridized carbons (Fsp3) is 0.200. The van der Waals surface area contributed by atoms with Crippen LogP contribution >= 0.6 is 22.6 Å². The predicted octanol–water partition coefficient (Wildman–Crippen LogP) is 3.30. The van der Waals surface area contributed by atoms with Gasteiger partial charge in [-0.1, -0.05) is 0 Å². The number of alkyl halides is 2. The SMILES string of the molecule is CC(=O)c1cc(C(F)F)c(I)cc1C#N. The van der Waals surface area contributed by atoms with Crippen molar-refractivity contribution in [1.29, 1.82) is 5.26 Å². The van der Waals surface area contributed by atoms with Crippen molar-refractivity contribution in [2.24, 2.45) is 0 Å². The lowest BCUT2D eigenvalue weighted by molar-refractivity contribution is 0.101. The number of halogens is 3. The van der Waals surface area contributed by atoms with Crippen LogP contribution in [0.25, 0.3) is 0 Å². The van der Waals surface area contributed by atoms with E-state index in [0.717, 1.165) is 6.07 Å². The Bertz CT molecular complexity index is 451. The normalized spacial score (nSPS) is 10.1. The average Bonchev–Trinajstić information content (AvgIpc) is 2.16. The number of carbonyl (C=O) groups excluding carboxylic acids is 1. The summed E-state index contributed by atoms with van der Waals surface area (Å²) < 4.78 is 25.3. The van der Waals surface area contributed by atoms with E-state index in [-0.39, 0.29) is 22.5 Å². The van der Waals surface area contributed by atoms with Crippen molar-refractivity contribution in [3.05, 3.63) is 32.4 Å². The average molecular weight is 321 g/mol. The van der Waals surface area contributed by atoms with Gasteiger partial charge in [-0.25, -0.2) is 8.78 Å². The van der Waals surface area contributed by atoms with Gasteiger partial charge in [0.15, 0.2) is 5.78 Å². The highest BCUT2D eigenvalue weighted by Crippen LogP contribution is 2.27. The van der Waals surface area contributed by atoms with Crippen LogP contribution < -0.4 is 0 Å². The number of nitriles is 1. The largest absolute Gasteiger partial charge is 0.294 e. The monoisotopic (exact) mass is 321 g/mol. The summed E-state index contributed by atoms with van der Waals surface area (Å²) in [5.74, 6) is -0.384. The summed E-state index contributed by atoms with van der Waals surface area (Å²) in [6, 6.07) is 4.21. The number of rotatable bonds is 2. The maximum Gasteiger partial charge on any atom is 0.264 e. The van der Waals surface area contributed by atoms with E-state index in [0.29, 0.717) is 3.57 Å². The lowest BCUT2D eigenvalue weighted by atomic mass is 10.0. The molecule has 0 heterocycles. The zero-order valence-corrected chi connectivity index (χ0v) is 9.88. The van der Waals surface area contributed by atoms with Gasteiger partial charge in [-0.15, -0.1) is 0 Å². The standard InChI is InChI=1S/C10H6F2INO/c1-5(15)7-3-8(10(11)12)9(13)2-6(7)4-14/h2-3,10H,1H3. The molecule has 5 heteroatoms. The molecule has 2 nitrogen and oxygen atoms in total. The van der Waals surface area contributed by atoms with E-state index in [2.05, 4.69) is 0 Å². The van der Waals surface area contributed by atoms with Gasteiger partial charge in [0.05, 0.1) is 11.6 Å². The summed E-state index contributed by atoms with van der Waals surface area (Å²) in [6.07, 6.45) is -2.64. The van der Waals surface area contributed by atoms with Crippen molar-refractivity contribution >= 4 is 28.4 Å². The molecule has 0 spiro atoms. The van der Waals surface area contributed by atoms with Crippen LogP contribution in [0.1, 0.15) is 34.8 Å². The third-order valence-electron chi connectivity index (χ3n) is 1.87. The molecule has 1 aromatic rings. The highest BCUT2D eigenvalue weighted by Gasteiger charge is 2.17. The molecule has 0 radical (unpaired) electrons. The number of ketones is 1. The van der Waals surface area contributed by atoms with Gasteiger partial charge in [0.25, 0.3) is 6.43 Å². The summed E-state index contributed by atoms with van der Waals surface area (Å²) in [6.45, 7) is 1.25. The Morgan fingerprint density at radius 2 is 2.13 bits per heavy atom. The molecule has 0 bridgehead atoms. The van der Waals surface area contributed by atoms with Crippen molar-refractivity contribution in [3.8, 4) is 6.07 Å². The quantitative estimate of drug-likeness (QED) is 0.619. The Morgan fingerprint density at radius 1 is 1.53 bits per heavy atom. The van der Waals surface area contributed by atoms with Crippen LogP contribution in [0.3, 0.4) is 0 Å². The van der Waals surface area contributed by atoms with E-state index in [9.17, 15) is 13.6 Å². The second-order valence-corrected chi connectivity index (χ2v) is 4.05. The number of nitrogens with zero attached hydrogens (tertiary/aromatic N) is 1. The van der Waals surface area contributed by atoms with E-state index < -0.39 is 6.43 Å². The van der Waals surface area contributed by atoms with Crippen molar-refractivity contribution in [1.82, 2.24) is 0 Å². The Labute approximate surface area is 99.0 Å². The molecular formula is C10H6F2INO. The second kappa shape index (κ2) is 4.66. The first-order valence-corrected chi connectivity index (χ1v) is 5.08. The Kier molecular flexibility index (Phi) is 3.74. The molecule has 0 aliphatic rings. The van der Waals surface area contributed by atoms with Gasteiger partial charge in [-0.3, -0.25) is 4.79 Å². The molecule has 0 N–H and O–H groups in total. The van der Waals surface area contributed by atoms with E-state index >= 15 is 0 Å². The molecule has 0 aliphatic heterocycles. The zero-order valence-electron chi connectivity index (χ0n) is 7.72. The minimum Gasteiger partial charge on any atom is -0.294 e. The van der Waals surface area contributed by atoms with E-state index in [1.807, 2.05) is 6.07 Å². The summed E-state index contributed by atoms with van der Waals surface area (Å²) in [5.41, 5.74) is -0.0238. The van der Waals surface area contributed by atoms with Crippen LogP contribution in [-0.2, 0) is 0 Å². The molecule has 0 unspecified atom stereocenters. The third kappa shape index (κ3) is 2.50. The fourth-order valence-electron chi connectivity index (χ4n) is 1.14. The molecule has 0 saturated carbocycles. The molecule has 0 atom stereocenters. The first-order chi connectivity index (χ1) is 6.97. The summed E-state index contributed by atoms with van der Waals surface area (Å²) >= 11 is 1.72. The van der Waals surface area contributed by atoms with E-state index in [1.165, 1.54) is 13.0 Å². The van der Waals surface area contributed by atoms with Crippen molar-refractivity contribution in [3.63, 3.8) is 0 Å². The number of benzene rings is 1. The minimum absolute atomic E-state index is 0.0493. The highest BCUT2D eigenvalue weighted by molar-refractivity contribution is 14.1. The van der Waals surface area contributed by atoms with Crippen LogP contribution in [0.2, 0.25) is 0 Å². The summed E-state index contributed by atoms with van der Waals surface area (Å²) in [5, 5.41) is 8.73. The van der Waals surface area contributed by atoms with Gasteiger partial charge in [0.2, 0.25) is 0 Å². The third-order valence-corrected chi connectivity index (χ3v) is 2.81. The number of hydrogen-bond donors (Lipinski definition) is 0. The Morgan fingerprint density at radius 3 is 2.53 bits per heavy atom. The maximum absolute atomic E-state index is 12.5. The van der Waals surface area contributed by atoms with Crippen LogP contribution in [0.15, 0.2) is 12.1 Å². The van der Waals surface area contributed by atoms with Crippen LogP contribution in [0.5, 0.6) is 0 Å². The van der Waals surface area contributed by atoms with Crippen molar-refractivity contribution in [2.75, 3.05) is 0 Å². The molecule has 1 rings (SSSR count). The number of carbonyl (C=O) groups is 1. The van der Waals surface area contributed by atoms with Gasteiger partial charge in [0, 0.05) is 14.7 Å². The zero-order chi connectivity index (χ0) is 11.6. The molecule has 0 aromatic heterocycles. The molecule has 1 aromatic carbocycles. The predicted molar refractivity (Wildman–Crippen MR) is 58.8 cm³/mol. The molecule has 78 valence electrons. The van der Waals surface area contributed by atoms with Crippen molar-refractivity contribution in [2.45, 2.75) is 13.3 Å². The molecular weight excluding hydrogens is 315 g/mol. The lowest BCUT2D eigenvalue weighted by Gasteiger charge is -2.06. The molecule has 0 aliphatic carbocycles. The van der Waals surface area contributed by atoms with Crippen LogP contribution in [0, 0.1) is 14.9 Å². The lowest BCUT2D eigenvalue weighted by Crippen LogP contribution is -2.01. The van der Waals surface area contributed by atoms with E-state index in [4.69, 9.17) is 5.26 Å². The second-order valence-electron chi connectivity index (χ2n) is 2.89. The molecule has 0 fully saturated rings. The molecule has 0 saturated heterocycles. The number of Topliss-reactive ketones (excluding diaryl/α,β-unsaturated/α-hetero) is 1. The Hall–Kier alpha value is -1.03. The maximum atomic E-state index is 12.5. The van der Waals surface area contributed by atoms with Crippen LogP contribution in [0.4, 0.5) is 8.78 Å². The topological polar surface area (TPSA) is 40.9 Å². The van der Waals surface area contributed by atoms with Crippen LogP contribution in [-0.4, -0.2) is 5.78 Å². The fourth-order valence-corrected chi connectivity index (χ4v) is 1.84. The number of hydrogen-bond acceptors (Lipinski definition) is 2.